The number of aryl methyl sites for hydroxylation is 2. The summed E-state index contributed by atoms with van der Waals surface area (Å²) in [4.78, 5) is 2.73. The molecule has 3 heteroatoms. The van der Waals surface area contributed by atoms with Gasteiger partial charge in [-0.1, -0.05) is 12.1 Å². The third kappa shape index (κ3) is 2.57. The summed E-state index contributed by atoms with van der Waals surface area (Å²) >= 11 is 1.85. The Bertz CT molecular complexity index is 533. The fourth-order valence-electron chi connectivity index (χ4n) is 2.22. The van der Waals surface area contributed by atoms with Gasteiger partial charge in [-0.15, -0.1) is 11.3 Å². The third-order valence-corrected chi connectivity index (χ3v) is 4.27. The van der Waals surface area contributed by atoms with Gasteiger partial charge in [-0.25, -0.2) is 0 Å². The van der Waals surface area contributed by atoms with Crippen LogP contribution < -0.4 is 10.1 Å². The molecule has 96 valence electrons. The lowest BCUT2D eigenvalue weighted by Gasteiger charge is -2.17. The van der Waals surface area contributed by atoms with Gasteiger partial charge < -0.3 is 10.1 Å². The number of hydrogen-bond acceptors (Lipinski definition) is 3. The average molecular weight is 261 g/mol. The van der Waals surface area contributed by atoms with Crippen molar-refractivity contribution < 1.29 is 4.74 Å². The first-order valence-corrected chi connectivity index (χ1v) is 6.85. The number of rotatable bonds is 4. The molecule has 2 rings (SSSR count). The van der Waals surface area contributed by atoms with Crippen LogP contribution >= 0.6 is 11.3 Å². The van der Waals surface area contributed by atoms with Gasteiger partial charge in [0.25, 0.3) is 0 Å². The molecule has 1 aromatic carbocycles. The van der Waals surface area contributed by atoms with Crippen LogP contribution in [0.25, 0.3) is 0 Å². The van der Waals surface area contributed by atoms with Crippen LogP contribution in [0.1, 0.15) is 26.9 Å². The van der Waals surface area contributed by atoms with Crippen molar-refractivity contribution in [2.45, 2.75) is 19.9 Å². The van der Waals surface area contributed by atoms with E-state index in [0.29, 0.717) is 0 Å². The lowest BCUT2D eigenvalue weighted by Crippen LogP contribution is -2.17. The molecule has 0 aliphatic heterocycles. The van der Waals surface area contributed by atoms with Gasteiger partial charge in [-0.2, -0.15) is 0 Å². The van der Waals surface area contributed by atoms with E-state index in [4.69, 9.17) is 4.74 Å². The maximum atomic E-state index is 5.30. The molecular formula is C15H19NOS. The molecule has 1 unspecified atom stereocenters. The molecule has 0 fully saturated rings. The number of thiophene rings is 1. The summed E-state index contributed by atoms with van der Waals surface area (Å²) in [7, 11) is 3.70. The molecule has 0 saturated carbocycles. The molecule has 2 aromatic rings. The minimum Gasteiger partial charge on any atom is -0.497 e. The van der Waals surface area contributed by atoms with E-state index in [0.717, 1.165) is 5.75 Å². The second-order valence-corrected chi connectivity index (χ2v) is 5.69. The fraction of sp³-hybridized carbons (Fsp3) is 0.333. The molecule has 0 radical (unpaired) electrons. The van der Waals surface area contributed by atoms with Gasteiger partial charge in [0.05, 0.1) is 13.2 Å². The Balaban J connectivity index is 2.41. The van der Waals surface area contributed by atoms with Gasteiger partial charge in [0.15, 0.2) is 0 Å². The van der Waals surface area contributed by atoms with Crippen LogP contribution in [0.4, 0.5) is 0 Å². The molecule has 0 bridgehead atoms. The standard InChI is InChI=1S/C15H19NOS/c1-10-8-11(2)18-15(10)14(16-3)12-6-5-7-13(9-12)17-4/h5-9,14,16H,1-4H3. The molecule has 18 heavy (non-hydrogen) atoms. The molecule has 1 N–H and O–H groups in total. The number of hydrogen-bond donors (Lipinski definition) is 1. The summed E-state index contributed by atoms with van der Waals surface area (Å²) in [6.45, 7) is 4.32. The maximum Gasteiger partial charge on any atom is 0.119 e. The maximum absolute atomic E-state index is 5.30. The summed E-state index contributed by atoms with van der Waals surface area (Å²) in [5, 5.41) is 3.39. The number of nitrogens with one attached hydrogen (secondary N) is 1. The molecule has 2 nitrogen and oxygen atoms in total. The monoisotopic (exact) mass is 261 g/mol. The van der Waals surface area contributed by atoms with E-state index >= 15 is 0 Å². The molecule has 1 atom stereocenters. The molecule has 0 spiro atoms. The number of ether oxygens (including phenoxy) is 1. The van der Waals surface area contributed by atoms with E-state index in [1.165, 1.54) is 20.9 Å². The Hall–Kier alpha value is -1.32. The smallest absolute Gasteiger partial charge is 0.119 e. The molecule has 0 saturated heterocycles. The van der Waals surface area contributed by atoms with Crippen molar-refractivity contribution in [1.82, 2.24) is 5.32 Å². The Labute approximate surface area is 113 Å². The highest BCUT2D eigenvalue weighted by atomic mass is 32.1. The van der Waals surface area contributed by atoms with Gasteiger partial charge in [0.1, 0.15) is 5.75 Å². The van der Waals surface area contributed by atoms with Gasteiger partial charge in [0, 0.05) is 9.75 Å². The SMILES string of the molecule is CNC(c1cccc(OC)c1)c1sc(C)cc1C. The van der Waals surface area contributed by atoms with Gasteiger partial charge in [0.2, 0.25) is 0 Å². The molecule has 0 aliphatic rings. The summed E-state index contributed by atoms with van der Waals surface area (Å²) in [6.07, 6.45) is 0. The van der Waals surface area contributed by atoms with Crippen molar-refractivity contribution in [3.63, 3.8) is 0 Å². The zero-order valence-electron chi connectivity index (χ0n) is 11.3. The first kappa shape index (κ1) is 13.1. The zero-order valence-corrected chi connectivity index (χ0v) is 12.1. The van der Waals surface area contributed by atoms with Crippen LogP contribution in [-0.2, 0) is 0 Å². The number of methoxy groups -OCH3 is 1. The quantitative estimate of drug-likeness (QED) is 0.906. The van der Waals surface area contributed by atoms with Crippen molar-refractivity contribution >= 4 is 11.3 Å². The Morgan fingerprint density at radius 3 is 2.56 bits per heavy atom. The van der Waals surface area contributed by atoms with Crippen LogP contribution in [0.2, 0.25) is 0 Å². The number of benzene rings is 1. The Morgan fingerprint density at radius 1 is 1.22 bits per heavy atom. The second-order valence-electron chi connectivity index (χ2n) is 4.40. The summed E-state index contributed by atoms with van der Waals surface area (Å²) in [5.41, 5.74) is 2.58. The Kier molecular flexibility index (Phi) is 4.04. The molecule has 1 heterocycles. The van der Waals surface area contributed by atoms with Gasteiger partial charge in [-0.05, 0) is 50.2 Å². The van der Waals surface area contributed by atoms with Crippen molar-refractivity contribution in [2.75, 3.05) is 14.2 Å². The van der Waals surface area contributed by atoms with Crippen LogP contribution in [0.5, 0.6) is 5.75 Å². The van der Waals surface area contributed by atoms with Gasteiger partial charge in [-0.3, -0.25) is 0 Å². The lowest BCUT2D eigenvalue weighted by atomic mass is 10.0. The van der Waals surface area contributed by atoms with Crippen LogP contribution in [0, 0.1) is 13.8 Å². The second kappa shape index (κ2) is 5.55. The first-order chi connectivity index (χ1) is 8.65. The van der Waals surface area contributed by atoms with Crippen molar-refractivity contribution in [3.8, 4) is 5.75 Å². The van der Waals surface area contributed by atoms with Gasteiger partial charge >= 0.3 is 0 Å². The van der Waals surface area contributed by atoms with Crippen LogP contribution in [-0.4, -0.2) is 14.2 Å². The minimum atomic E-state index is 0.235. The predicted octanol–water partition coefficient (Wildman–Crippen LogP) is 3.68. The zero-order chi connectivity index (χ0) is 13.1. The fourth-order valence-corrected chi connectivity index (χ4v) is 3.39. The normalized spacial score (nSPS) is 12.4. The van der Waals surface area contributed by atoms with E-state index in [9.17, 15) is 0 Å². The predicted molar refractivity (Wildman–Crippen MR) is 77.7 cm³/mol. The average Bonchev–Trinajstić information content (AvgIpc) is 2.70. The molecule has 0 aliphatic carbocycles. The van der Waals surface area contributed by atoms with Crippen LogP contribution in [0.3, 0.4) is 0 Å². The van der Waals surface area contributed by atoms with E-state index in [1.807, 2.05) is 30.5 Å². The summed E-state index contributed by atoms with van der Waals surface area (Å²) < 4.78 is 5.30. The van der Waals surface area contributed by atoms with E-state index in [1.54, 1.807) is 7.11 Å². The lowest BCUT2D eigenvalue weighted by molar-refractivity contribution is 0.414. The molecule has 1 aromatic heterocycles. The minimum absolute atomic E-state index is 0.235. The van der Waals surface area contributed by atoms with Crippen molar-refractivity contribution in [1.29, 1.82) is 0 Å². The highest BCUT2D eigenvalue weighted by Gasteiger charge is 2.17. The van der Waals surface area contributed by atoms with Crippen molar-refractivity contribution in [2.24, 2.45) is 0 Å². The van der Waals surface area contributed by atoms with Crippen molar-refractivity contribution in [3.05, 3.63) is 51.2 Å². The first-order valence-electron chi connectivity index (χ1n) is 6.04. The van der Waals surface area contributed by atoms with E-state index in [2.05, 4.69) is 37.4 Å². The third-order valence-electron chi connectivity index (χ3n) is 3.06. The summed E-state index contributed by atoms with van der Waals surface area (Å²) in [5.74, 6) is 0.902. The van der Waals surface area contributed by atoms with E-state index < -0.39 is 0 Å². The van der Waals surface area contributed by atoms with E-state index in [-0.39, 0.29) is 6.04 Å². The highest BCUT2D eigenvalue weighted by molar-refractivity contribution is 7.12. The largest absolute Gasteiger partial charge is 0.497 e. The molecule has 0 amide bonds. The Morgan fingerprint density at radius 2 is 2.00 bits per heavy atom. The molecular weight excluding hydrogens is 242 g/mol. The summed E-state index contributed by atoms with van der Waals surface area (Å²) in [6, 6.07) is 10.7. The topological polar surface area (TPSA) is 21.3 Å². The van der Waals surface area contributed by atoms with Crippen LogP contribution in [0.15, 0.2) is 30.3 Å². The highest BCUT2D eigenvalue weighted by Crippen LogP contribution is 2.32.